The number of rotatable bonds is 5. The van der Waals surface area contributed by atoms with E-state index in [2.05, 4.69) is 4.98 Å². The molecule has 0 bridgehead atoms. The number of fused-ring (bicyclic) bond motifs is 1. The van der Waals surface area contributed by atoms with Gasteiger partial charge in [0.2, 0.25) is 0 Å². The molecule has 6 heteroatoms. The quantitative estimate of drug-likeness (QED) is 0.666. The average Bonchev–Trinajstić information content (AvgIpc) is 2.63. The van der Waals surface area contributed by atoms with Crippen LogP contribution in [-0.2, 0) is 6.54 Å². The van der Waals surface area contributed by atoms with Crippen LogP contribution in [0.3, 0.4) is 0 Å². The van der Waals surface area contributed by atoms with Crippen molar-refractivity contribution in [3.8, 4) is 22.9 Å². The van der Waals surface area contributed by atoms with Gasteiger partial charge in [-0.05, 0) is 30.3 Å². The van der Waals surface area contributed by atoms with Crippen molar-refractivity contribution < 1.29 is 9.47 Å². The molecule has 24 heavy (non-hydrogen) atoms. The second-order valence-electron chi connectivity index (χ2n) is 5.17. The molecule has 0 N–H and O–H groups in total. The molecule has 0 radical (unpaired) electrons. The van der Waals surface area contributed by atoms with Crippen LogP contribution in [0.25, 0.3) is 22.3 Å². The summed E-state index contributed by atoms with van der Waals surface area (Å²) < 4.78 is 12.2. The molecule has 0 atom stereocenters. The van der Waals surface area contributed by atoms with Crippen molar-refractivity contribution in [2.75, 3.05) is 20.1 Å². The van der Waals surface area contributed by atoms with E-state index >= 15 is 0 Å². The zero-order valence-corrected chi connectivity index (χ0v) is 14.2. The molecular weight excluding hydrogens is 328 g/mol. The fourth-order valence-electron chi connectivity index (χ4n) is 2.66. The van der Waals surface area contributed by atoms with E-state index in [0.717, 1.165) is 5.56 Å². The van der Waals surface area contributed by atoms with Crippen LogP contribution < -0.4 is 15.0 Å². The Morgan fingerprint density at radius 3 is 2.54 bits per heavy atom. The Bertz CT molecular complexity index is 937. The summed E-state index contributed by atoms with van der Waals surface area (Å²) in [6, 6.07) is 12.7. The van der Waals surface area contributed by atoms with Crippen LogP contribution in [0.4, 0.5) is 0 Å². The first-order valence-electron chi connectivity index (χ1n) is 7.47. The van der Waals surface area contributed by atoms with Gasteiger partial charge in [-0.25, -0.2) is 4.98 Å². The van der Waals surface area contributed by atoms with E-state index in [0.29, 0.717) is 40.7 Å². The molecule has 2 aromatic carbocycles. The molecule has 0 aliphatic rings. The lowest BCUT2D eigenvalue weighted by molar-refractivity contribution is 0.355. The summed E-state index contributed by atoms with van der Waals surface area (Å²) >= 11 is 5.89. The Kier molecular flexibility index (Phi) is 4.71. The normalized spacial score (nSPS) is 10.8. The molecule has 1 aromatic heterocycles. The monoisotopic (exact) mass is 344 g/mol. The molecule has 0 saturated heterocycles. The maximum Gasteiger partial charge on any atom is 0.261 e. The number of para-hydroxylation sites is 1. The lowest BCUT2D eigenvalue weighted by Crippen LogP contribution is -2.24. The highest BCUT2D eigenvalue weighted by Crippen LogP contribution is 2.31. The smallest absolute Gasteiger partial charge is 0.261 e. The molecule has 0 fully saturated rings. The van der Waals surface area contributed by atoms with Crippen LogP contribution in [0.5, 0.6) is 11.5 Å². The standard InChI is InChI=1S/C18H17ClN2O3/c1-23-15-8-7-12(11-16(15)24-2)17-20-14-6-4-3-5-13(14)18(22)21(17)10-9-19/h3-8,11H,9-10H2,1-2H3. The maximum absolute atomic E-state index is 12.8. The first-order chi connectivity index (χ1) is 11.7. The van der Waals surface area contributed by atoms with E-state index < -0.39 is 0 Å². The second-order valence-corrected chi connectivity index (χ2v) is 5.55. The summed E-state index contributed by atoms with van der Waals surface area (Å²) in [7, 11) is 3.15. The summed E-state index contributed by atoms with van der Waals surface area (Å²) in [4.78, 5) is 17.5. The molecule has 0 spiro atoms. The van der Waals surface area contributed by atoms with Crippen LogP contribution in [0.2, 0.25) is 0 Å². The maximum atomic E-state index is 12.8. The van der Waals surface area contributed by atoms with Crippen LogP contribution in [-0.4, -0.2) is 29.7 Å². The summed E-state index contributed by atoms with van der Waals surface area (Å²) in [5.41, 5.74) is 1.31. The summed E-state index contributed by atoms with van der Waals surface area (Å²) in [6.07, 6.45) is 0. The van der Waals surface area contributed by atoms with Crippen LogP contribution in [0, 0.1) is 0 Å². The van der Waals surface area contributed by atoms with E-state index in [1.165, 1.54) is 0 Å². The number of hydrogen-bond acceptors (Lipinski definition) is 4. The van der Waals surface area contributed by atoms with Crippen molar-refractivity contribution in [2.24, 2.45) is 0 Å². The van der Waals surface area contributed by atoms with Gasteiger partial charge < -0.3 is 9.47 Å². The third kappa shape index (κ3) is 2.83. The van der Waals surface area contributed by atoms with Crippen molar-refractivity contribution in [3.05, 3.63) is 52.8 Å². The number of hydrogen-bond donors (Lipinski definition) is 0. The van der Waals surface area contributed by atoms with Gasteiger partial charge in [-0.15, -0.1) is 11.6 Å². The first kappa shape index (κ1) is 16.3. The fraction of sp³-hybridized carbons (Fsp3) is 0.222. The van der Waals surface area contributed by atoms with E-state index in [9.17, 15) is 4.79 Å². The predicted molar refractivity (Wildman–Crippen MR) is 95.3 cm³/mol. The molecule has 5 nitrogen and oxygen atoms in total. The number of methoxy groups -OCH3 is 2. The van der Waals surface area contributed by atoms with Crippen molar-refractivity contribution in [2.45, 2.75) is 6.54 Å². The number of nitrogens with zero attached hydrogens (tertiary/aromatic N) is 2. The third-order valence-electron chi connectivity index (χ3n) is 3.81. The molecule has 0 amide bonds. The molecule has 3 rings (SSSR count). The van der Waals surface area contributed by atoms with Crippen LogP contribution >= 0.6 is 11.6 Å². The lowest BCUT2D eigenvalue weighted by atomic mass is 10.1. The second kappa shape index (κ2) is 6.93. The van der Waals surface area contributed by atoms with Crippen molar-refractivity contribution >= 4 is 22.5 Å². The highest BCUT2D eigenvalue weighted by Gasteiger charge is 2.14. The SMILES string of the molecule is COc1ccc(-c2nc3ccccc3c(=O)n2CCCl)cc1OC. The van der Waals surface area contributed by atoms with Gasteiger partial charge in [0.25, 0.3) is 5.56 Å². The van der Waals surface area contributed by atoms with E-state index in [4.69, 9.17) is 21.1 Å². The number of aromatic nitrogens is 2. The first-order valence-corrected chi connectivity index (χ1v) is 8.01. The van der Waals surface area contributed by atoms with Gasteiger partial charge >= 0.3 is 0 Å². The minimum absolute atomic E-state index is 0.106. The number of alkyl halides is 1. The third-order valence-corrected chi connectivity index (χ3v) is 3.98. The minimum atomic E-state index is -0.106. The fourth-order valence-corrected chi connectivity index (χ4v) is 2.82. The van der Waals surface area contributed by atoms with Gasteiger partial charge in [-0.1, -0.05) is 12.1 Å². The molecule has 0 aliphatic carbocycles. The molecule has 0 saturated carbocycles. The molecule has 0 unspecified atom stereocenters. The zero-order chi connectivity index (χ0) is 17.1. The Morgan fingerprint density at radius 1 is 1.08 bits per heavy atom. The Hall–Kier alpha value is -2.53. The Morgan fingerprint density at radius 2 is 1.83 bits per heavy atom. The summed E-state index contributed by atoms with van der Waals surface area (Å²) in [6.45, 7) is 0.377. The number of benzene rings is 2. The van der Waals surface area contributed by atoms with Gasteiger partial charge in [-0.3, -0.25) is 9.36 Å². The van der Waals surface area contributed by atoms with E-state index in [1.54, 1.807) is 37.0 Å². The average molecular weight is 345 g/mol. The minimum Gasteiger partial charge on any atom is -0.493 e. The molecule has 0 aliphatic heterocycles. The predicted octanol–water partition coefficient (Wildman–Crippen LogP) is 3.32. The molecule has 3 aromatic rings. The summed E-state index contributed by atoms with van der Waals surface area (Å²) in [5.74, 6) is 2.07. The van der Waals surface area contributed by atoms with E-state index in [-0.39, 0.29) is 5.56 Å². The van der Waals surface area contributed by atoms with Gasteiger partial charge in [-0.2, -0.15) is 0 Å². The number of halogens is 1. The molecular formula is C18H17ClN2O3. The Labute approximate surface area is 144 Å². The highest BCUT2D eigenvalue weighted by molar-refractivity contribution is 6.17. The van der Waals surface area contributed by atoms with Crippen LogP contribution in [0.1, 0.15) is 0 Å². The van der Waals surface area contributed by atoms with Crippen molar-refractivity contribution in [1.82, 2.24) is 9.55 Å². The zero-order valence-electron chi connectivity index (χ0n) is 13.5. The highest BCUT2D eigenvalue weighted by atomic mass is 35.5. The van der Waals surface area contributed by atoms with Crippen molar-refractivity contribution in [1.29, 1.82) is 0 Å². The van der Waals surface area contributed by atoms with Gasteiger partial charge in [0.05, 0.1) is 25.1 Å². The lowest BCUT2D eigenvalue weighted by Gasteiger charge is -2.14. The Balaban J connectivity index is 2.28. The van der Waals surface area contributed by atoms with Crippen LogP contribution in [0.15, 0.2) is 47.3 Å². The molecule has 1 heterocycles. The van der Waals surface area contributed by atoms with Gasteiger partial charge in [0.1, 0.15) is 5.82 Å². The van der Waals surface area contributed by atoms with Gasteiger partial charge in [0, 0.05) is 18.0 Å². The topological polar surface area (TPSA) is 53.3 Å². The summed E-state index contributed by atoms with van der Waals surface area (Å²) in [5, 5.41) is 0.576. The largest absolute Gasteiger partial charge is 0.493 e. The van der Waals surface area contributed by atoms with Gasteiger partial charge in [0.15, 0.2) is 11.5 Å². The number of ether oxygens (including phenoxy) is 2. The van der Waals surface area contributed by atoms with E-state index in [1.807, 2.05) is 24.3 Å². The van der Waals surface area contributed by atoms with Crippen molar-refractivity contribution in [3.63, 3.8) is 0 Å². The molecule has 124 valence electrons.